The molecule has 4 aromatic rings. The third-order valence-electron chi connectivity index (χ3n) is 7.99. The molecule has 7 rings (SSSR count). The summed E-state index contributed by atoms with van der Waals surface area (Å²) < 4.78 is 0. The van der Waals surface area contributed by atoms with E-state index in [2.05, 4.69) is 0 Å². The molecule has 0 amide bonds. The summed E-state index contributed by atoms with van der Waals surface area (Å²) in [6.45, 7) is 0. The molecule has 3 heterocycles. The second-order valence-electron chi connectivity index (χ2n) is 9.63. The van der Waals surface area contributed by atoms with Crippen LogP contribution in [0.4, 0.5) is 5.69 Å². The number of benzene rings is 3. The van der Waals surface area contributed by atoms with E-state index in [9.17, 15) is 14.4 Å². The third kappa shape index (κ3) is 2.87. The molecule has 0 radical (unpaired) electrons. The van der Waals surface area contributed by atoms with E-state index in [1.165, 1.54) is 11.3 Å². The molecule has 0 saturated carbocycles. The first-order valence-corrected chi connectivity index (χ1v) is 13.4. The number of fused-ring (bicyclic) bond motifs is 5. The van der Waals surface area contributed by atoms with Crippen molar-refractivity contribution in [2.45, 2.75) is 18.0 Å². The molecule has 1 saturated heterocycles. The van der Waals surface area contributed by atoms with Gasteiger partial charge in [-0.3, -0.25) is 14.4 Å². The first-order chi connectivity index (χ1) is 18.0. The van der Waals surface area contributed by atoms with Crippen LogP contribution in [0.5, 0.6) is 0 Å². The van der Waals surface area contributed by atoms with E-state index >= 15 is 0 Å². The van der Waals surface area contributed by atoms with Crippen LogP contribution in [0.2, 0.25) is 5.02 Å². The monoisotopic (exact) mass is 521 g/mol. The lowest BCUT2D eigenvalue weighted by Gasteiger charge is -2.37. The summed E-state index contributed by atoms with van der Waals surface area (Å²) in [7, 11) is 0. The van der Waals surface area contributed by atoms with Crippen LogP contribution in [0.1, 0.15) is 47.4 Å². The second kappa shape index (κ2) is 8.10. The first-order valence-electron chi connectivity index (χ1n) is 12.1. The molecule has 1 aromatic heterocycles. The fraction of sp³-hybridized carbons (Fsp3) is 0.129. The third-order valence-corrected chi connectivity index (χ3v) is 9.21. The SMILES string of the molecule is O=C(c1cccs1)[C@H]1[C@H](c2ccccc2Cl)C2(C(=O)c3ccccc3C2=O)[C@@H]2C=Cc3ccccc3N21. The van der Waals surface area contributed by atoms with Crippen molar-refractivity contribution in [3.8, 4) is 0 Å². The molecule has 3 atom stereocenters. The van der Waals surface area contributed by atoms with Gasteiger partial charge in [0.25, 0.3) is 0 Å². The number of hydrogen-bond acceptors (Lipinski definition) is 5. The van der Waals surface area contributed by atoms with Crippen molar-refractivity contribution in [3.05, 3.63) is 129 Å². The summed E-state index contributed by atoms with van der Waals surface area (Å²) in [6.07, 6.45) is 3.89. The zero-order valence-corrected chi connectivity index (χ0v) is 21.1. The van der Waals surface area contributed by atoms with Crippen LogP contribution in [-0.2, 0) is 0 Å². The molecule has 3 aliphatic rings. The van der Waals surface area contributed by atoms with Gasteiger partial charge in [-0.2, -0.15) is 0 Å². The van der Waals surface area contributed by atoms with E-state index in [0.29, 0.717) is 26.6 Å². The number of anilines is 1. The van der Waals surface area contributed by atoms with E-state index in [1.807, 2.05) is 71.0 Å². The molecule has 180 valence electrons. The predicted octanol–water partition coefficient (Wildman–Crippen LogP) is 6.72. The van der Waals surface area contributed by atoms with Crippen molar-refractivity contribution in [2.24, 2.45) is 5.41 Å². The average molecular weight is 522 g/mol. The van der Waals surface area contributed by atoms with Crippen molar-refractivity contribution in [3.63, 3.8) is 0 Å². The van der Waals surface area contributed by atoms with Crippen molar-refractivity contribution >= 4 is 52.1 Å². The Morgan fingerprint density at radius 1 is 0.838 bits per heavy atom. The first kappa shape index (κ1) is 22.4. The highest BCUT2D eigenvalue weighted by molar-refractivity contribution is 7.12. The Morgan fingerprint density at radius 3 is 2.22 bits per heavy atom. The van der Waals surface area contributed by atoms with Crippen LogP contribution in [0.3, 0.4) is 0 Å². The highest BCUT2D eigenvalue weighted by Crippen LogP contribution is 2.61. The highest BCUT2D eigenvalue weighted by atomic mass is 35.5. The predicted molar refractivity (Wildman–Crippen MR) is 146 cm³/mol. The van der Waals surface area contributed by atoms with E-state index in [4.69, 9.17) is 11.6 Å². The number of rotatable bonds is 3. The van der Waals surface area contributed by atoms with Gasteiger partial charge in [0.15, 0.2) is 17.3 Å². The van der Waals surface area contributed by atoms with Gasteiger partial charge in [-0.1, -0.05) is 90.5 Å². The fourth-order valence-corrected chi connectivity index (χ4v) is 7.50. The van der Waals surface area contributed by atoms with Gasteiger partial charge in [-0.15, -0.1) is 11.3 Å². The number of carbonyl (C=O) groups excluding carboxylic acids is 3. The number of nitrogens with zero attached hydrogens (tertiary/aromatic N) is 1. The van der Waals surface area contributed by atoms with Crippen LogP contribution in [0.25, 0.3) is 6.08 Å². The number of carbonyl (C=O) groups is 3. The molecular formula is C31H20ClNO3S. The van der Waals surface area contributed by atoms with Crippen molar-refractivity contribution < 1.29 is 14.4 Å². The number of hydrogen-bond donors (Lipinski definition) is 0. The Labute approximate surface area is 222 Å². The molecule has 37 heavy (non-hydrogen) atoms. The van der Waals surface area contributed by atoms with Gasteiger partial charge in [-0.25, -0.2) is 0 Å². The number of Topliss-reactive ketones (excluding diaryl/α,β-unsaturated/α-hetero) is 3. The molecular weight excluding hydrogens is 502 g/mol. The molecule has 4 nitrogen and oxygen atoms in total. The fourth-order valence-electron chi connectivity index (χ4n) is 6.55. The Kier molecular flexibility index (Phi) is 4.91. The maximum absolute atomic E-state index is 14.5. The van der Waals surface area contributed by atoms with Crippen LogP contribution in [-0.4, -0.2) is 29.4 Å². The minimum atomic E-state index is -1.53. The molecule has 2 aliphatic heterocycles. The van der Waals surface area contributed by atoms with Crippen LogP contribution < -0.4 is 4.90 Å². The van der Waals surface area contributed by atoms with Crippen LogP contribution in [0, 0.1) is 5.41 Å². The molecule has 0 N–H and O–H groups in total. The minimum absolute atomic E-state index is 0.122. The molecule has 0 unspecified atom stereocenters. The largest absolute Gasteiger partial charge is 0.352 e. The molecule has 6 heteroatoms. The Bertz CT molecular complexity index is 1600. The summed E-state index contributed by atoms with van der Waals surface area (Å²) >= 11 is 8.16. The van der Waals surface area contributed by atoms with E-state index in [-0.39, 0.29) is 17.3 Å². The van der Waals surface area contributed by atoms with Gasteiger partial charge in [0.1, 0.15) is 11.5 Å². The second-order valence-corrected chi connectivity index (χ2v) is 11.0. The normalized spacial score (nSPS) is 22.7. The number of ketones is 3. The summed E-state index contributed by atoms with van der Waals surface area (Å²) in [4.78, 5) is 46.0. The molecule has 3 aromatic carbocycles. The Hall–Kier alpha value is -3.80. The highest BCUT2D eigenvalue weighted by Gasteiger charge is 2.71. The lowest BCUT2D eigenvalue weighted by atomic mass is 9.64. The van der Waals surface area contributed by atoms with Gasteiger partial charge in [-0.05, 0) is 34.7 Å². The summed E-state index contributed by atoms with van der Waals surface area (Å²) in [5.41, 5.74) is 1.68. The van der Waals surface area contributed by atoms with Crippen molar-refractivity contribution in [2.75, 3.05) is 4.90 Å². The van der Waals surface area contributed by atoms with E-state index < -0.39 is 23.4 Å². The average Bonchev–Trinajstić information content (AvgIpc) is 3.62. The quantitative estimate of drug-likeness (QED) is 0.222. The maximum atomic E-state index is 14.5. The smallest absolute Gasteiger partial charge is 0.195 e. The van der Waals surface area contributed by atoms with Gasteiger partial charge in [0.2, 0.25) is 0 Å². The lowest BCUT2D eigenvalue weighted by Crippen LogP contribution is -2.48. The lowest BCUT2D eigenvalue weighted by molar-refractivity contribution is 0.0666. The van der Waals surface area contributed by atoms with Crippen LogP contribution in [0.15, 0.2) is 96.4 Å². The molecule has 0 bridgehead atoms. The van der Waals surface area contributed by atoms with Gasteiger partial charge in [0, 0.05) is 27.8 Å². The zero-order chi connectivity index (χ0) is 25.3. The molecule has 1 spiro atoms. The van der Waals surface area contributed by atoms with Gasteiger partial charge in [0.05, 0.1) is 10.9 Å². The summed E-state index contributed by atoms with van der Waals surface area (Å²) in [5, 5.41) is 2.30. The summed E-state index contributed by atoms with van der Waals surface area (Å²) in [5.74, 6) is -1.41. The Morgan fingerprint density at radius 2 is 1.51 bits per heavy atom. The number of para-hydroxylation sites is 1. The van der Waals surface area contributed by atoms with Crippen molar-refractivity contribution in [1.29, 1.82) is 0 Å². The standard InChI is InChI=1S/C31H20ClNO3S/c32-22-12-5-4-11-21(22)26-27(28(34)24-14-7-17-37-24)33-23-13-6-1-8-18(23)15-16-25(33)31(26)29(35)19-9-2-3-10-20(19)30(31)36/h1-17,25-27H/t25-,26-,27+/m0/s1. The van der Waals surface area contributed by atoms with Gasteiger partial charge < -0.3 is 4.90 Å². The van der Waals surface area contributed by atoms with E-state index in [1.54, 1.807) is 36.4 Å². The molecule has 1 aliphatic carbocycles. The Balaban J connectivity index is 1.58. The summed E-state index contributed by atoms with van der Waals surface area (Å²) in [6, 6.07) is 24.3. The van der Waals surface area contributed by atoms with Crippen molar-refractivity contribution in [1.82, 2.24) is 0 Å². The molecule has 1 fully saturated rings. The van der Waals surface area contributed by atoms with E-state index in [0.717, 1.165) is 11.3 Å². The maximum Gasteiger partial charge on any atom is 0.195 e. The number of halogens is 1. The minimum Gasteiger partial charge on any atom is -0.352 e. The van der Waals surface area contributed by atoms with Crippen LogP contribution >= 0.6 is 22.9 Å². The zero-order valence-electron chi connectivity index (χ0n) is 19.5. The topological polar surface area (TPSA) is 54.5 Å². The van der Waals surface area contributed by atoms with Gasteiger partial charge >= 0.3 is 0 Å². The number of thiophene rings is 1.